The van der Waals surface area contributed by atoms with Gasteiger partial charge in [0.25, 0.3) is 5.56 Å². The Morgan fingerprint density at radius 2 is 1.93 bits per heavy atom. The zero-order valence-electron chi connectivity index (χ0n) is 17.2. The molecule has 0 aliphatic heterocycles. The van der Waals surface area contributed by atoms with Gasteiger partial charge in [-0.3, -0.25) is 14.2 Å². The molecule has 0 saturated heterocycles. The van der Waals surface area contributed by atoms with E-state index in [1.54, 1.807) is 23.6 Å². The average Bonchev–Trinajstić information content (AvgIpc) is 3.52. The molecule has 1 saturated carbocycles. The highest BCUT2D eigenvalue weighted by atomic mass is 16.5. The van der Waals surface area contributed by atoms with Crippen molar-refractivity contribution in [1.82, 2.24) is 23.6 Å². The second-order valence-electron chi connectivity index (χ2n) is 7.58. The Labute approximate surface area is 173 Å². The van der Waals surface area contributed by atoms with Gasteiger partial charge in [0.15, 0.2) is 11.2 Å². The maximum absolute atomic E-state index is 13.3. The third-order valence-electron chi connectivity index (χ3n) is 5.48. The summed E-state index contributed by atoms with van der Waals surface area (Å²) in [6, 6.07) is 9.69. The summed E-state index contributed by atoms with van der Waals surface area (Å²) in [5.74, 6) is -0.245. The third kappa shape index (κ3) is 3.80. The quantitative estimate of drug-likeness (QED) is 0.544. The lowest BCUT2D eigenvalue weighted by atomic mass is 10.2. The lowest BCUT2D eigenvalue weighted by Gasteiger charge is -2.18. The van der Waals surface area contributed by atoms with Crippen LogP contribution in [0.25, 0.3) is 11.2 Å². The van der Waals surface area contributed by atoms with Gasteiger partial charge in [-0.2, -0.15) is 0 Å². The Bertz CT molecular complexity index is 1170. The number of likely N-dealkylation sites (N-methyl/N-ethyl adjacent to an activating group) is 1. The number of ether oxygens (including phenoxy) is 1. The topological polar surface area (TPSA) is 91.4 Å². The first-order chi connectivity index (χ1) is 14.5. The number of carbonyl (C=O) groups excluding carboxylic acids is 1. The molecule has 30 heavy (non-hydrogen) atoms. The molecule has 2 aromatic heterocycles. The van der Waals surface area contributed by atoms with Crippen LogP contribution in [0.15, 0.2) is 46.2 Å². The monoisotopic (exact) mass is 411 g/mol. The molecule has 1 amide bonds. The molecule has 0 atom stereocenters. The maximum atomic E-state index is 13.3. The van der Waals surface area contributed by atoms with E-state index in [1.165, 1.54) is 10.9 Å². The molecule has 3 aromatic rings. The molecule has 4 rings (SSSR count). The first-order valence-electron chi connectivity index (χ1n) is 9.98. The van der Waals surface area contributed by atoms with Gasteiger partial charge in [-0.25, -0.2) is 14.3 Å². The minimum absolute atomic E-state index is 0.204. The van der Waals surface area contributed by atoms with Gasteiger partial charge in [0.2, 0.25) is 5.91 Å². The van der Waals surface area contributed by atoms with Gasteiger partial charge in [-0.1, -0.05) is 30.3 Å². The fourth-order valence-corrected chi connectivity index (χ4v) is 3.56. The summed E-state index contributed by atoms with van der Waals surface area (Å²) in [4.78, 5) is 45.1. The number of methoxy groups -OCH3 is 1. The molecule has 158 valence electrons. The van der Waals surface area contributed by atoms with E-state index in [4.69, 9.17) is 4.74 Å². The molecule has 0 radical (unpaired) electrons. The van der Waals surface area contributed by atoms with Crippen LogP contribution < -0.4 is 11.2 Å². The molecule has 0 bridgehead atoms. The van der Waals surface area contributed by atoms with Crippen molar-refractivity contribution in [3.8, 4) is 0 Å². The number of hydrogen-bond donors (Lipinski definition) is 0. The number of aromatic nitrogens is 4. The van der Waals surface area contributed by atoms with Gasteiger partial charge in [0, 0.05) is 26.7 Å². The molecule has 9 heteroatoms. The lowest BCUT2D eigenvalue weighted by molar-refractivity contribution is -0.131. The van der Waals surface area contributed by atoms with E-state index >= 15 is 0 Å². The first kappa shape index (κ1) is 20.1. The number of benzene rings is 1. The number of nitrogens with zero attached hydrogens (tertiary/aromatic N) is 5. The molecule has 0 spiro atoms. The van der Waals surface area contributed by atoms with E-state index in [0.717, 1.165) is 23.0 Å². The summed E-state index contributed by atoms with van der Waals surface area (Å²) >= 11 is 0. The molecular formula is C21H25N5O4. The van der Waals surface area contributed by atoms with Gasteiger partial charge in [0.1, 0.15) is 6.54 Å². The van der Waals surface area contributed by atoms with Crippen LogP contribution in [0.2, 0.25) is 0 Å². The highest BCUT2D eigenvalue weighted by molar-refractivity contribution is 5.77. The summed E-state index contributed by atoms with van der Waals surface area (Å²) in [7, 11) is 3.30. The molecule has 0 N–H and O–H groups in total. The molecule has 0 unspecified atom stereocenters. The molecule has 1 aromatic carbocycles. The molecular weight excluding hydrogens is 386 g/mol. The molecule has 2 heterocycles. The largest absolute Gasteiger partial charge is 0.383 e. The number of carbonyl (C=O) groups is 1. The number of rotatable bonds is 8. The number of hydrogen-bond acceptors (Lipinski definition) is 5. The summed E-state index contributed by atoms with van der Waals surface area (Å²) in [6.45, 7) is 0.781. The molecule has 1 fully saturated rings. The third-order valence-corrected chi connectivity index (χ3v) is 5.48. The van der Waals surface area contributed by atoms with Crippen molar-refractivity contribution in [2.45, 2.75) is 38.5 Å². The van der Waals surface area contributed by atoms with Crippen LogP contribution in [0.5, 0.6) is 0 Å². The fourth-order valence-electron chi connectivity index (χ4n) is 3.56. The SMILES string of the molecule is COCCn1cnc2c1c(=O)n(CC(=O)N(C)C1CC1)c(=O)n2Cc1ccccc1. The number of imidazole rings is 1. The maximum Gasteiger partial charge on any atom is 0.333 e. The summed E-state index contributed by atoms with van der Waals surface area (Å²) in [6.07, 6.45) is 3.45. The van der Waals surface area contributed by atoms with Crippen molar-refractivity contribution < 1.29 is 9.53 Å². The van der Waals surface area contributed by atoms with Crippen LogP contribution in [-0.4, -0.2) is 56.3 Å². The van der Waals surface area contributed by atoms with Crippen LogP contribution in [0.3, 0.4) is 0 Å². The lowest BCUT2D eigenvalue weighted by Crippen LogP contribution is -2.45. The van der Waals surface area contributed by atoms with Crippen molar-refractivity contribution in [3.05, 3.63) is 63.1 Å². The molecule has 9 nitrogen and oxygen atoms in total. The van der Waals surface area contributed by atoms with Crippen LogP contribution in [0.4, 0.5) is 0 Å². The highest BCUT2D eigenvalue weighted by Crippen LogP contribution is 2.25. The van der Waals surface area contributed by atoms with Crippen LogP contribution in [0.1, 0.15) is 18.4 Å². The van der Waals surface area contributed by atoms with E-state index in [9.17, 15) is 14.4 Å². The van der Waals surface area contributed by atoms with Gasteiger partial charge >= 0.3 is 5.69 Å². The Balaban J connectivity index is 1.83. The van der Waals surface area contributed by atoms with Gasteiger partial charge in [0.05, 0.1) is 19.5 Å². The van der Waals surface area contributed by atoms with Gasteiger partial charge in [-0.05, 0) is 18.4 Å². The van der Waals surface area contributed by atoms with Gasteiger partial charge in [-0.15, -0.1) is 0 Å². The second kappa shape index (κ2) is 8.27. The zero-order chi connectivity index (χ0) is 21.3. The van der Waals surface area contributed by atoms with E-state index < -0.39 is 11.2 Å². The van der Waals surface area contributed by atoms with Crippen molar-refractivity contribution >= 4 is 17.1 Å². The minimum atomic E-state index is -0.536. The van der Waals surface area contributed by atoms with Crippen molar-refractivity contribution in [3.63, 3.8) is 0 Å². The van der Waals surface area contributed by atoms with E-state index in [2.05, 4.69) is 4.98 Å². The van der Waals surface area contributed by atoms with Crippen molar-refractivity contribution in [1.29, 1.82) is 0 Å². The van der Waals surface area contributed by atoms with Crippen LogP contribution in [-0.2, 0) is 29.2 Å². The Morgan fingerprint density at radius 3 is 2.60 bits per heavy atom. The summed E-state index contributed by atoms with van der Waals surface area (Å²) in [5, 5.41) is 0. The minimum Gasteiger partial charge on any atom is -0.383 e. The molecule has 1 aliphatic carbocycles. The Hall–Kier alpha value is -3.20. The van der Waals surface area contributed by atoms with E-state index in [-0.39, 0.29) is 25.0 Å². The standard InChI is InChI=1S/C21H25N5O4/c1-23(16-8-9-16)17(27)13-26-20(28)18-19(22-14-24(18)10-11-30-2)25(21(26)29)12-15-6-4-3-5-7-15/h3-7,14,16H,8-13H2,1-2H3. The van der Waals surface area contributed by atoms with E-state index in [0.29, 0.717) is 24.3 Å². The Morgan fingerprint density at radius 1 is 1.20 bits per heavy atom. The molecule has 1 aliphatic rings. The average molecular weight is 411 g/mol. The van der Waals surface area contributed by atoms with E-state index in [1.807, 2.05) is 30.3 Å². The predicted octanol–water partition coefficient (Wildman–Crippen LogP) is 0.675. The predicted molar refractivity (Wildman–Crippen MR) is 111 cm³/mol. The smallest absolute Gasteiger partial charge is 0.333 e. The van der Waals surface area contributed by atoms with Crippen LogP contribution >= 0.6 is 0 Å². The highest BCUT2D eigenvalue weighted by Gasteiger charge is 2.30. The van der Waals surface area contributed by atoms with Crippen molar-refractivity contribution in [2.75, 3.05) is 20.8 Å². The number of amides is 1. The van der Waals surface area contributed by atoms with Crippen LogP contribution in [0, 0.1) is 0 Å². The number of fused-ring (bicyclic) bond motifs is 1. The normalized spacial score (nSPS) is 13.7. The second-order valence-corrected chi connectivity index (χ2v) is 7.58. The van der Waals surface area contributed by atoms with Crippen molar-refractivity contribution in [2.24, 2.45) is 0 Å². The Kier molecular flexibility index (Phi) is 5.54. The fraction of sp³-hybridized carbons (Fsp3) is 0.429. The zero-order valence-corrected chi connectivity index (χ0v) is 17.2. The first-order valence-corrected chi connectivity index (χ1v) is 9.98. The summed E-state index contributed by atoms with van der Waals surface area (Å²) in [5.41, 5.74) is 0.462. The summed E-state index contributed by atoms with van der Waals surface area (Å²) < 4.78 is 9.28. The van der Waals surface area contributed by atoms with Gasteiger partial charge < -0.3 is 14.2 Å².